The van der Waals surface area contributed by atoms with Crippen LogP contribution in [-0.2, 0) is 11.3 Å². The van der Waals surface area contributed by atoms with Crippen LogP contribution in [0.25, 0.3) is 11.0 Å². The Kier molecular flexibility index (Phi) is 3.09. The second kappa shape index (κ2) is 4.42. The molecule has 0 saturated heterocycles. The minimum absolute atomic E-state index is 0.507. The van der Waals surface area contributed by atoms with Crippen molar-refractivity contribution in [1.82, 2.24) is 15.3 Å². The van der Waals surface area contributed by atoms with Crippen molar-refractivity contribution >= 4 is 17.0 Å². The van der Waals surface area contributed by atoms with Gasteiger partial charge in [0.25, 0.3) is 0 Å². The number of carbonyl (C=O) groups is 1. The van der Waals surface area contributed by atoms with Crippen molar-refractivity contribution in [2.45, 2.75) is 32.9 Å². The van der Waals surface area contributed by atoms with E-state index in [9.17, 15) is 4.79 Å². The fourth-order valence-electron chi connectivity index (χ4n) is 1.69. The van der Waals surface area contributed by atoms with E-state index >= 15 is 0 Å². The molecule has 1 aromatic carbocycles. The number of hydrogen-bond donors (Lipinski definition) is 3. The Morgan fingerprint density at radius 2 is 2.22 bits per heavy atom. The van der Waals surface area contributed by atoms with Gasteiger partial charge in [0, 0.05) is 6.54 Å². The first-order valence-corrected chi connectivity index (χ1v) is 5.82. The Morgan fingerprint density at radius 1 is 1.50 bits per heavy atom. The molecular weight excluding hydrogens is 230 g/mol. The minimum Gasteiger partial charge on any atom is -0.480 e. The average molecular weight is 247 g/mol. The van der Waals surface area contributed by atoms with Crippen molar-refractivity contribution in [2.75, 3.05) is 0 Å². The van der Waals surface area contributed by atoms with Crippen LogP contribution < -0.4 is 5.32 Å². The highest BCUT2D eigenvalue weighted by Gasteiger charge is 2.25. The Balaban J connectivity index is 2.15. The lowest BCUT2D eigenvalue weighted by Crippen LogP contribution is -2.46. The van der Waals surface area contributed by atoms with Crippen LogP contribution in [0.15, 0.2) is 18.2 Å². The molecule has 96 valence electrons. The molecule has 0 fully saturated rings. The van der Waals surface area contributed by atoms with Gasteiger partial charge in [0.05, 0.1) is 11.0 Å². The Labute approximate surface area is 105 Å². The minimum atomic E-state index is -0.932. The summed E-state index contributed by atoms with van der Waals surface area (Å²) < 4.78 is 0. The van der Waals surface area contributed by atoms with E-state index in [0.717, 1.165) is 22.4 Å². The molecule has 2 aromatic rings. The lowest BCUT2D eigenvalue weighted by molar-refractivity contribution is -0.143. The summed E-state index contributed by atoms with van der Waals surface area (Å²) in [5.74, 6) is 0.0157. The van der Waals surface area contributed by atoms with E-state index in [2.05, 4.69) is 15.3 Å². The monoisotopic (exact) mass is 247 g/mol. The van der Waals surface area contributed by atoms with Crippen molar-refractivity contribution in [3.63, 3.8) is 0 Å². The highest BCUT2D eigenvalue weighted by atomic mass is 16.4. The molecular formula is C13H17N3O2. The van der Waals surface area contributed by atoms with Gasteiger partial charge >= 0.3 is 5.97 Å². The van der Waals surface area contributed by atoms with Crippen molar-refractivity contribution in [1.29, 1.82) is 0 Å². The zero-order valence-corrected chi connectivity index (χ0v) is 10.7. The van der Waals surface area contributed by atoms with Crippen LogP contribution in [0.4, 0.5) is 0 Å². The van der Waals surface area contributed by atoms with Gasteiger partial charge in [0.1, 0.15) is 11.4 Å². The first-order valence-electron chi connectivity index (χ1n) is 5.82. The molecule has 0 unspecified atom stereocenters. The van der Waals surface area contributed by atoms with Gasteiger partial charge in [-0.1, -0.05) is 6.07 Å². The van der Waals surface area contributed by atoms with Crippen molar-refractivity contribution in [3.8, 4) is 0 Å². The third-order valence-corrected chi connectivity index (χ3v) is 2.93. The van der Waals surface area contributed by atoms with Crippen molar-refractivity contribution < 1.29 is 9.90 Å². The van der Waals surface area contributed by atoms with E-state index in [-0.39, 0.29) is 0 Å². The first-order chi connectivity index (χ1) is 8.38. The van der Waals surface area contributed by atoms with Gasteiger partial charge in [-0.3, -0.25) is 10.1 Å². The van der Waals surface area contributed by atoms with Crippen LogP contribution in [-0.4, -0.2) is 26.6 Å². The zero-order valence-electron chi connectivity index (χ0n) is 10.7. The molecule has 5 nitrogen and oxygen atoms in total. The van der Waals surface area contributed by atoms with Gasteiger partial charge < -0.3 is 10.1 Å². The highest BCUT2D eigenvalue weighted by molar-refractivity contribution is 5.78. The van der Waals surface area contributed by atoms with E-state index in [1.54, 1.807) is 13.8 Å². The SMILES string of the molecule is Cc1nc2ccc(CNC(C)(C)C(=O)O)cc2[nH]1. The molecule has 0 aliphatic heterocycles. The van der Waals surface area contributed by atoms with Crippen LogP contribution in [0.3, 0.4) is 0 Å². The largest absolute Gasteiger partial charge is 0.480 e. The molecule has 0 aliphatic rings. The average Bonchev–Trinajstić information content (AvgIpc) is 2.65. The highest BCUT2D eigenvalue weighted by Crippen LogP contribution is 2.14. The normalized spacial score (nSPS) is 11.9. The maximum atomic E-state index is 11.0. The number of carboxylic acids is 1. The maximum Gasteiger partial charge on any atom is 0.323 e. The Morgan fingerprint density at radius 3 is 2.89 bits per heavy atom. The summed E-state index contributed by atoms with van der Waals surface area (Å²) in [5.41, 5.74) is 1.99. The van der Waals surface area contributed by atoms with Gasteiger partial charge in [-0.2, -0.15) is 0 Å². The van der Waals surface area contributed by atoms with Gasteiger partial charge in [-0.25, -0.2) is 4.98 Å². The van der Waals surface area contributed by atoms with Crippen molar-refractivity contribution in [2.24, 2.45) is 0 Å². The fourth-order valence-corrected chi connectivity index (χ4v) is 1.69. The smallest absolute Gasteiger partial charge is 0.323 e. The van der Waals surface area contributed by atoms with E-state index in [1.807, 2.05) is 25.1 Å². The summed E-state index contributed by atoms with van der Waals surface area (Å²) in [6.07, 6.45) is 0. The number of rotatable bonds is 4. The zero-order chi connectivity index (χ0) is 13.3. The summed E-state index contributed by atoms with van der Waals surface area (Å²) in [5, 5.41) is 12.0. The number of fused-ring (bicyclic) bond motifs is 1. The molecule has 0 atom stereocenters. The van der Waals surface area contributed by atoms with Crippen LogP contribution in [0.5, 0.6) is 0 Å². The predicted octanol–water partition coefficient (Wildman–Crippen LogP) is 1.82. The number of nitrogens with one attached hydrogen (secondary N) is 2. The first kappa shape index (κ1) is 12.6. The Hall–Kier alpha value is -1.88. The number of imidazole rings is 1. The number of aryl methyl sites for hydroxylation is 1. The molecule has 5 heteroatoms. The quantitative estimate of drug-likeness (QED) is 0.770. The lowest BCUT2D eigenvalue weighted by Gasteiger charge is -2.20. The summed E-state index contributed by atoms with van der Waals surface area (Å²) in [6.45, 7) is 5.71. The molecule has 3 N–H and O–H groups in total. The summed E-state index contributed by atoms with van der Waals surface area (Å²) in [6, 6.07) is 5.87. The van der Waals surface area contributed by atoms with Crippen LogP contribution in [0, 0.1) is 6.92 Å². The summed E-state index contributed by atoms with van der Waals surface area (Å²) >= 11 is 0. The number of benzene rings is 1. The van der Waals surface area contributed by atoms with Gasteiger partial charge in [0.15, 0.2) is 0 Å². The molecule has 18 heavy (non-hydrogen) atoms. The topological polar surface area (TPSA) is 78.0 Å². The number of H-pyrrole nitrogens is 1. The van der Waals surface area contributed by atoms with Crippen LogP contribution in [0.1, 0.15) is 25.2 Å². The standard InChI is InChI=1S/C13H17N3O2/c1-8-15-10-5-4-9(6-11(10)16-8)7-14-13(2,3)12(17)18/h4-6,14H,7H2,1-3H3,(H,15,16)(H,17,18). The second-order valence-corrected chi connectivity index (χ2v) is 4.96. The molecule has 1 aromatic heterocycles. The summed E-state index contributed by atoms with van der Waals surface area (Å²) in [7, 11) is 0. The molecule has 0 bridgehead atoms. The molecule has 1 heterocycles. The molecule has 2 rings (SSSR count). The third kappa shape index (κ3) is 2.51. The molecule has 0 radical (unpaired) electrons. The summed E-state index contributed by atoms with van der Waals surface area (Å²) in [4.78, 5) is 18.5. The number of hydrogen-bond acceptors (Lipinski definition) is 3. The lowest BCUT2D eigenvalue weighted by atomic mass is 10.1. The van der Waals surface area contributed by atoms with Crippen LogP contribution >= 0.6 is 0 Å². The van der Waals surface area contributed by atoms with E-state index in [4.69, 9.17) is 5.11 Å². The van der Waals surface area contributed by atoms with Crippen molar-refractivity contribution in [3.05, 3.63) is 29.6 Å². The number of aromatic amines is 1. The van der Waals surface area contributed by atoms with Gasteiger partial charge in [-0.05, 0) is 38.5 Å². The third-order valence-electron chi connectivity index (χ3n) is 2.93. The second-order valence-electron chi connectivity index (χ2n) is 4.96. The molecule has 0 spiro atoms. The molecule has 0 aliphatic carbocycles. The van der Waals surface area contributed by atoms with Crippen LogP contribution in [0.2, 0.25) is 0 Å². The fraction of sp³-hybridized carbons (Fsp3) is 0.385. The number of aliphatic carboxylic acids is 1. The van der Waals surface area contributed by atoms with E-state index in [0.29, 0.717) is 6.54 Å². The Bertz CT molecular complexity index is 587. The number of nitrogens with zero attached hydrogens (tertiary/aromatic N) is 1. The number of carboxylic acid groups (broad SMARTS) is 1. The molecule has 0 amide bonds. The predicted molar refractivity (Wildman–Crippen MR) is 69.4 cm³/mol. The molecule has 0 saturated carbocycles. The van der Waals surface area contributed by atoms with E-state index < -0.39 is 11.5 Å². The van der Waals surface area contributed by atoms with E-state index in [1.165, 1.54) is 0 Å². The number of aromatic nitrogens is 2. The maximum absolute atomic E-state index is 11.0. The van der Waals surface area contributed by atoms with Gasteiger partial charge in [0.2, 0.25) is 0 Å². The van der Waals surface area contributed by atoms with Gasteiger partial charge in [-0.15, -0.1) is 0 Å².